The number of carbonyl (C=O) groups excluding carboxylic acids is 2. The minimum atomic E-state index is -0.843. The van der Waals surface area contributed by atoms with Gasteiger partial charge in [-0.1, -0.05) is 67.7 Å². The van der Waals surface area contributed by atoms with Crippen LogP contribution in [0.3, 0.4) is 0 Å². The average Bonchev–Trinajstić information content (AvgIpc) is 2.81. The summed E-state index contributed by atoms with van der Waals surface area (Å²) in [4.78, 5) is 23.9. The molecule has 0 aliphatic heterocycles. The van der Waals surface area contributed by atoms with E-state index in [2.05, 4.69) is 66.9 Å². The summed E-state index contributed by atoms with van der Waals surface area (Å²) in [6.07, 6.45) is 27.7. The summed E-state index contributed by atoms with van der Waals surface area (Å²) >= 11 is 0. The number of nitrogens with one attached hydrogen (secondary N) is 1. The van der Waals surface area contributed by atoms with Crippen LogP contribution in [-0.2, 0) is 9.53 Å². The zero-order chi connectivity index (χ0) is 24.2. The first-order valence-electron chi connectivity index (χ1n) is 11.6. The molecule has 1 aromatic carbocycles. The van der Waals surface area contributed by atoms with Crippen molar-refractivity contribution in [1.29, 1.82) is 0 Å². The van der Waals surface area contributed by atoms with E-state index in [0.29, 0.717) is 12.1 Å². The third-order valence-corrected chi connectivity index (χ3v) is 4.62. The average molecular weight is 452 g/mol. The first-order chi connectivity index (χ1) is 16.1. The Hall–Kier alpha value is -3.34. The Morgan fingerprint density at radius 3 is 1.97 bits per heavy atom. The number of rotatable bonds is 15. The van der Waals surface area contributed by atoms with Crippen molar-refractivity contribution >= 4 is 17.6 Å². The van der Waals surface area contributed by atoms with Crippen LogP contribution in [0.15, 0.2) is 79.0 Å². The lowest BCUT2D eigenvalue weighted by atomic mass is 10.1. The molecular formula is C28H37NO4. The molecule has 33 heavy (non-hydrogen) atoms. The SMILES string of the molecule is CC/C=C\C/C=C\C/C=C\C/C=C\C/C=C\CCCC(=O)OC(=O)c1cc(NC)ccc1O. The van der Waals surface area contributed by atoms with Crippen molar-refractivity contribution in [1.82, 2.24) is 0 Å². The summed E-state index contributed by atoms with van der Waals surface area (Å²) in [6.45, 7) is 2.14. The number of unbranched alkanes of at least 4 members (excludes halogenated alkanes) is 1. The zero-order valence-corrected chi connectivity index (χ0v) is 19.8. The molecule has 178 valence electrons. The van der Waals surface area contributed by atoms with Crippen LogP contribution in [0.2, 0.25) is 0 Å². The van der Waals surface area contributed by atoms with Gasteiger partial charge in [0, 0.05) is 19.2 Å². The second kappa shape index (κ2) is 18.3. The van der Waals surface area contributed by atoms with Gasteiger partial charge in [-0.3, -0.25) is 4.79 Å². The van der Waals surface area contributed by atoms with Crippen LogP contribution in [0.4, 0.5) is 5.69 Å². The van der Waals surface area contributed by atoms with Crippen LogP contribution in [0.25, 0.3) is 0 Å². The van der Waals surface area contributed by atoms with Crippen LogP contribution in [0.5, 0.6) is 5.75 Å². The van der Waals surface area contributed by atoms with Gasteiger partial charge < -0.3 is 15.2 Å². The molecule has 0 bridgehead atoms. The molecule has 0 atom stereocenters. The van der Waals surface area contributed by atoms with Crippen LogP contribution in [-0.4, -0.2) is 24.1 Å². The number of benzene rings is 1. The molecule has 1 rings (SSSR count). The molecule has 0 aromatic heterocycles. The van der Waals surface area contributed by atoms with Gasteiger partial charge in [-0.2, -0.15) is 0 Å². The molecule has 0 aliphatic carbocycles. The van der Waals surface area contributed by atoms with E-state index in [-0.39, 0.29) is 17.7 Å². The van der Waals surface area contributed by atoms with Gasteiger partial charge in [-0.25, -0.2) is 4.79 Å². The molecule has 0 saturated heterocycles. The molecule has 0 unspecified atom stereocenters. The molecule has 0 saturated carbocycles. The Labute approximate surface area is 198 Å². The van der Waals surface area contributed by atoms with Crippen molar-refractivity contribution < 1.29 is 19.4 Å². The Morgan fingerprint density at radius 1 is 0.879 bits per heavy atom. The lowest BCUT2D eigenvalue weighted by Crippen LogP contribution is -2.12. The van der Waals surface area contributed by atoms with E-state index < -0.39 is 11.9 Å². The highest BCUT2D eigenvalue weighted by Gasteiger charge is 2.17. The molecular weight excluding hydrogens is 414 g/mol. The number of allylic oxidation sites excluding steroid dienone is 10. The number of esters is 2. The number of phenolic OH excluding ortho intramolecular Hbond substituents is 1. The third-order valence-electron chi connectivity index (χ3n) is 4.62. The second-order valence-electron chi connectivity index (χ2n) is 7.34. The summed E-state index contributed by atoms with van der Waals surface area (Å²) in [5.41, 5.74) is 0.610. The topological polar surface area (TPSA) is 75.6 Å². The molecule has 0 spiro atoms. The highest BCUT2D eigenvalue weighted by molar-refractivity contribution is 5.99. The predicted molar refractivity (Wildman–Crippen MR) is 136 cm³/mol. The van der Waals surface area contributed by atoms with E-state index >= 15 is 0 Å². The van der Waals surface area contributed by atoms with Gasteiger partial charge in [0.25, 0.3) is 0 Å². The highest BCUT2D eigenvalue weighted by Crippen LogP contribution is 2.22. The van der Waals surface area contributed by atoms with E-state index in [4.69, 9.17) is 4.74 Å². The van der Waals surface area contributed by atoms with Gasteiger partial charge in [0.2, 0.25) is 0 Å². The van der Waals surface area contributed by atoms with Crippen molar-refractivity contribution in [3.05, 3.63) is 84.5 Å². The van der Waals surface area contributed by atoms with Gasteiger partial charge in [0.05, 0.1) is 0 Å². The normalized spacial score (nSPS) is 12.1. The maximum absolute atomic E-state index is 12.1. The minimum absolute atomic E-state index is 0.0342. The molecule has 0 heterocycles. The zero-order valence-electron chi connectivity index (χ0n) is 19.8. The van der Waals surface area contributed by atoms with E-state index in [9.17, 15) is 14.7 Å². The lowest BCUT2D eigenvalue weighted by Gasteiger charge is -2.07. The second-order valence-corrected chi connectivity index (χ2v) is 7.34. The molecule has 0 fully saturated rings. The number of hydrogen-bond donors (Lipinski definition) is 2. The quantitative estimate of drug-likeness (QED) is 0.0983. The number of ether oxygens (including phenoxy) is 1. The smallest absolute Gasteiger partial charge is 0.349 e. The molecule has 5 heteroatoms. The minimum Gasteiger partial charge on any atom is -0.507 e. The molecule has 1 aromatic rings. The summed E-state index contributed by atoms with van der Waals surface area (Å²) in [7, 11) is 1.70. The van der Waals surface area contributed by atoms with E-state index in [1.54, 1.807) is 13.1 Å². The number of carbonyl (C=O) groups is 2. The molecule has 2 N–H and O–H groups in total. The third kappa shape index (κ3) is 13.6. The molecule has 0 aliphatic rings. The largest absolute Gasteiger partial charge is 0.507 e. The summed E-state index contributed by atoms with van der Waals surface area (Å²) in [5.74, 6) is -1.66. The van der Waals surface area contributed by atoms with Gasteiger partial charge in [0.1, 0.15) is 11.3 Å². The van der Waals surface area contributed by atoms with Crippen LogP contribution < -0.4 is 5.32 Å². The van der Waals surface area contributed by atoms with E-state index in [1.807, 2.05) is 6.08 Å². The van der Waals surface area contributed by atoms with Gasteiger partial charge in [0.15, 0.2) is 0 Å². The first kappa shape index (κ1) is 27.7. The number of phenols is 1. The molecule has 0 amide bonds. The van der Waals surface area contributed by atoms with Gasteiger partial charge >= 0.3 is 11.9 Å². The number of hydrogen-bond acceptors (Lipinski definition) is 5. The summed E-state index contributed by atoms with van der Waals surface area (Å²) in [6, 6.07) is 4.45. The Balaban J connectivity index is 2.13. The van der Waals surface area contributed by atoms with E-state index in [0.717, 1.165) is 38.5 Å². The van der Waals surface area contributed by atoms with E-state index in [1.165, 1.54) is 12.1 Å². The maximum atomic E-state index is 12.1. The number of aromatic hydroxyl groups is 1. The van der Waals surface area contributed by atoms with Gasteiger partial charge in [-0.05, 0) is 63.1 Å². The summed E-state index contributed by atoms with van der Waals surface area (Å²) in [5, 5.41) is 12.6. The predicted octanol–water partition coefficient (Wildman–Crippen LogP) is 7.04. The Kier molecular flexibility index (Phi) is 15.3. The van der Waals surface area contributed by atoms with Crippen molar-refractivity contribution in [2.24, 2.45) is 0 Å². The highest BCUT2D eigenvalue weighted by atomic mass is 16.6. The van der Waals surface area contributed by atoms with Crippen LogP contribution >= 0.6 is 0 Å². The maximum Gasteiger partial charge on any atom is 0.349 e. The number of anilines is 1. The van der Waals surface area contributed by atoms with Crippen LogP contribution in [0, 0.1) is 0 Å². The molecule has 5 nitrogen and oxygen atoms in total. The Bertz CT molecular complexity index is 863. The Morgan fingerprint density at radius 2 is 1.42 bits per heavy atom. The molecule has 0 radical (unpaired) electrons. The fourth-order valence-corrected chi connectivity index (χ4v) is 2.80. The van der Waals surface area contributed by atoms with Crippen molar-refractivity contribution in [3.8, 4) is 5.75 Å². The summed E-state index contributed by atoms with van der Waals surface area (Å²) < 4.78 is 4.83. The lowest BCUT2D eigenvalue weighted by molar-refractivity contribution is -0.138. The van der Waals surface area contributed by atoms with Crippen molar-refractivity contribution in [3.63, 3.8) is 0 Å². The fourth-order valence-electron chi connectivity index (χ4n) is 2.80. The van der Waals surface area contributed by atoms with Gasteiger partial charge in [-0.15, -0.1) is 0 Å². The van der Waals surface area contributed by atoms with Crippen molar-refractivity contribution in [2.75, 3.05) is 12.4 Å². The van der Waals surface area contributed by atoms with Crippen molar-refractivity contribution in [2.45, 2.75) is 58.3 Å². The standard InChI is InChI=1S/C28H37NO4/c1-3-4-5-6-7-8-9-10-11-12-13-14-15-16-17-18-19-20-27(31)33-28(32)25-23-24(29-2)21-22-26(25)30/h4-5,7-8,10-11,13-14,16-17,21-23,29-30H,3,6,9,12,15,18-20H2,1-2H3/b5-4-,8-7-,11-10-,14-13-,17-16-. The monoisotopic (exact) mass is 451 g/mol. The van der Waals surface area contributed by atoms with Crippen LogP contribution in [0.1, 0.15) is 68.6 Å². The fraction of sp³-hybridized carbons (Fsp3) is 0.357. The first-order valence-corrected chi connectivity index (χ1v) is 11.6.